The number of ether oxygens (including phenoxy) is 2. The number of thioether (sulfide) groups is 1. The lowest BCUT2D eigenvalue weighted by Gasteiger charge is -2.20. The zero-order chi connectivity index (χ0) is 15.8. The molecule has 0 aromatic heterocycles. The molecule has 0 unspecified atom stereocenters. The maximum absolute atomic E-state index is 6.24. The number of fused-ring (bicyclic) bond motifs is 1. The third kappa shape index (κ3) is 4.88. The van der Waals surface area contributed by atoms with Crippen LogP contribution in [0.15, 0.2) is 17.1 Å². The second kappa shape index (κ2) is 9.00. The summed E-state index contributed by atoms with van der Waals surface area (Å²) >= 11 is 8.04. The van der Waals surface area contributed by atoms with Gasteiger partial charge in [0.1, 0.15) is 13.2 Å². The Bertz CT molecular complexity index is 526. The van der Waals surface area contributed by atoms with Crippen LogP contribution in [-0.2, 0) is 6.42 Å². The predicted molar refractivity (Wildman–Crippen MR) is 93.9 cm³/mol. The van der Waals surface area contributed by atoms with E-state index < -0.39 is 0 Å². The number of guanidine groups is 1. The molecule has 122 valence electrons. The second-order valence-electron chi connectivity index (χ2n) is 4.77. The highest BCUT2D eigenvalue weighted by atomic mass is 35.5. The quantitative estimate of drug-likeness (QED) is 0.471. The Morgan fingerprint density at radius 1 is 1.27 bits per heavy atom. The number of hydrogen-bond acceptors (Lipinski definition) is 4. The fourth-order valence-electron chi connectivity index (χ4n) is 2.13. The zero-order valence-electron chi connectivity index (χ0n) is 12.9. The summed E-state index contributed by atoms with van der Waals surface area (Å²) < 4.78 is 11.1. The number of nitrogens with one attached hydrogen (secondary N) is 2. The molecule has 1 aromatic rings. The highest BCUT2D eigenvalue weighted by molar-refractivity contribution is 7.98. The number of benzene rings is 1. The maximum atomic E-state index is 6.24. The topological polar surface area (TPSA) is 54.9 Å². The average Bonchev–Trinajstić information content (AvgIpc) is 2.53. The first-order valence-electron chi connectivity index (χ1n) is 7.26. The van der Waals surface area contributed by atoms with Crippen molar-refractivity contribution in [3.63, 3.8) is 0 Å². The molecule has 1 aliphatic rings. The second-order valence-corrected chi connectivity index (χ2v) is 6.16. The zero-order valence-corrected chi connectivity index (χ0v) is 14.5. The van der Waals surface area contributed by atoms with Gasteiger partial charge in [-0.2, -0.15) is 11.8 Å². The minimum absolute atomic E-state index is 0.547. The standard InChI is InChI=1S/C15H22ClN3O2S/c1-17-15(19-5-8-22-2)18-4-3-11-9-12(16)14-13(10-11)20-6-7-21-14/h9-10H,3-8H2,1-2H3,(H2,17,18,19). The van der Waals surface area contributed by atoms with Crippen molar-refractivity contribution in [3.8, 4) is 11.5 Å². The summed E-state index contributed by atoms with van der Waals surface area (Å²) in [5.41, 5.74) is 1.11. The van der Waals surface area contributed by atoms with Gasteiger partial charge in [0.25, 0.3) is 0 Å². The molecule has 0 spiro atoms. The lowest BCUT2D eigenvalue weighted by atomic mass is 10.1. The highest BCUT2D eigenvalue weighted by Crippen LogP contribution is 2.38. The van der Waals surface area contributed by atoms with Crippen molar-refractivity contribution in [2.24, 2.45) is 4.99 Å². The minimum atomic E-state index is 0.547. The Hall–Kier alpha value is -1.27. The third-order valence-electron chi connectivity index (χ3n) is 3.18. The molecule has 1 heterocycles. The fourth-order valence-corrected chi connectivity index (χ4v) is 2.72. The molecule has 0 saturated heterocycles. The monoisotopic (exact) mass is 343 g/mol. The van der Waals surface area contributed by atoms with E-state index in [-0.39, 0.29) is 0 Å². The van der Waals surface area contributed by atoms with Crippen molar-refractivity contribution < 1.29 is 9.47 Å². The summed E-state index contributed by atoms with van der Waals surface area (Å²) in [7, 11) is 1.77. The number of hydrogen-bond donors (Lipinski definition) is 2. The SMILES string of the molecule is CN=C(NCCSC)NCCc1cc(Cl)c2c(c1)OCCO2. The van der Waals surface area contributed by atoms with Gasteiger partial charge in [-0.15, -0.1) is 0 Å². The van der Waals surface area contributed by atoms with E-state index in [1.54, 1.807) is 18.8 Å². The number of nitrogens with zero attached hydrogens (tertiary/aromatic N) is 1. The van der Waals surface area contributed by atoms with E-state index in [0.29, 0.717) is 24.0 Å². The lowest BCUT2D eigenvalue weighted by molar-refractivity contribution is 0.171. The molecule has 0 fully saturated rings. The molecular weight excluding hydrogens is 322 g/mol. The molecule has 1 aliphatic heterocycles. The fraction of sp³-hybridized carbons (Fsp3) is 0.533. The molecule has 7 heteroatoms. The summed E-state index contributed by atoms with van der Waals surface area (Å²) in [5, 5.41) is 7.16. The largest absolute Gasteiger partial charge is 0.486 e. The molecule has 0 radical (unpaired) electrons. The first-order chi connectivity index (χ1) is 10.7. The van der Waals surface area contributed by atoms with E-state index in [1.807, 2.05) is 12.1 Å². The van der Waals surface area contributed by atoms with Crippen molar-refractivity contribution >= 4 is 29.3 Å². The highest BCUT2D eigenvalue weighted by Gasteiger charge is 2.16. The molecule has 0 saturated carbocycles. The lowest BCUT2D eigenvalue weighted by Crippen LogP contribution is -2.39. The number of halogens is 1. The van der Waals surface area contributed by atoms with E-state index in [2.05, 4.69) is 21.9 Å². The summed E-state index contributed by atoms with van der Waals surface area (Å²) in [4.78, 5) is 4.19. The molecule has 2 rings (SSSR count). The van der Waals surface area contributed by atoms with Gasteiger partial charge in [0, 0.05) is 25.9 Å². The Morgan fingerprint density at radius 2 is 2.05 bits per heavy atom. The molecule has 2 N–H and O–H groups in total. The molecule has 22 heavy (non-hydrogen) atoms. The van der Waals surface area contributed by atoms with Gasteiger partial charge in [0.15, 0.2) is 17.5 Å². The first-order valence-corrected chi connectivity index (χ1v) is 9.03. The van der Waals surface area contributed by atoms with E-state index in [9.17, 15) is 0 Å². The Balaban J connectivity index is 1.85. The molecule has 0 atom stereocenters. The van der Waals surface area contributed by atoms with Crippen molar-refractivity contribution in [2.75, 3.05) is 45.4 Å². The van der Waals surface area contributed by atoms with Crippen molar-refractivity contribution in [1.29, 1.82) is 0 Å². The van der Waals surface area contributed by atoms with Crippen LogP contribution in [0.5, 0.6) is 11.5 Å². The van der Waals surface area contributed by atoms with Gasteiger partial charge >= 0.3 is 0 Å². The van der Waals surface area contributed by atoms with E-state index >= 15 is 0 Å². The van der Waals surface area contributed by atoms with E-state index in [1.165, 1.54) is 0 Å². The van der Waals surface area contributed by atoms with Gasteiger partial charge in [-0.3, -0.25) is 4.99 Å². The number of rotatable bonds is 6. The maximum Gasteiger partial charge on any atom is 0.191 e. The van der Waals surface area contributed by atoms with Gasteiger partial charge in [-0.05, 0) is 30.4 Å². The van der Waals surface area contributed by atoms with Gasteiger partial charge < -0.3 is 20.1 Å². The van der Waals surface area contributed by atoms with Crippen molar-refractivity contribution in [3.05, 3.63) is 22.7 Å². The average molecular weight is 344 g/mol. The molecule has 5 nitrogen and oxygen atoms in total. The summed E-state index contributed by atoms with van der Waals surface area (Å²) in [5.74, 6) is 3.26. The molecule has 0 aliphatic carbocycles. The van der Waals surface area contributed by atoms with Crippen LogP contribution < -0.4 is 20.1 Å². The van der Waals surface area contributed by atoms with Crippen LogP contribution in [-0.4, -0.2) is 51.3 Å². The normalized spacial score (nSPS) is 13.9. The summed E-state index contributed by atoms with van der Waals surface area (Å²) in [6.45, 7) is 2.79. The smallest absolute Gasteiger partial charge is 0.191 e. The van der Waals surface area contributed by atoms with Crippen LogP contribution in [0.1, 0.15) is 5.56 Å². The summed E-state index contributed by atoms with van der Waals surface area (Å²) in [6, 6.07) is 3.92. The Kier molecular flexibility index (Phi) is 6.99. The van der Waals surface area contributed by atoms with Crippen LogP contribution in [0.25, 0.3) is 0 Å². The Labute approximate surface area is 140 Å². The van der Waals surface area contributed by atoms with Gasteiger partial charge in [-0.1, -0.05) is 11.6 Å². The van der Waals surface area contributed by atoms with Crippen molar-refractivity contribution in [2.45, 2.75) is 6.42 Å². The molecule has 1 aromatic carbocycles. The van der Waals surface area contributed by atoms with Crippen LogP contribution >= 0.6 is 23.4 Å². The molecular formula is C15H22ClN3O2S. The predicted octanol–water partition coefficient (Wildman–Crippen LogP) is 2.18. The van der Waals surface area contributed by atoms with Crippen molar-refractivity contribution in [1.82, 2.24) is 10.6 Å². The van der Waals surface area contributed by atoms with Crippen LogP contribution in [0.3, 0.4) is 0 Å². The number of aliphatic imine (C=N–C) groups is 1. The first kappa shape index (κ1) is 17.1. The summed E-state index contributed by atoms with van der Waals surface area (Å²) in [6.07, 6.45) is 2.92. The molecule has 0 bridgehead atoms. The van der Waals surface area contributed by atoms with Crippen LogP contribution in [0.4, 0.5) is 0 Å². The third-order valence-corrected chi connectivity index (χ3v) is 4.08. The molecule has 0 amide bonds. The van der Waals surface area contributed by atoms with Gasteiger partial charge in [-0.25, -0.2) is 0 Å². The van der Waals surface area contributed by atoms with Crippen LogP contribution in [0.2, 0.25) is 5.02 Å². The van der Waals surface area contributed by atoms with Gasteiger partial charge in [0.05, 0.1) is 5.02 Å². The Morgan fingerprint density at radius 3 is 2.82 bits per heavy atom. The van der Waals surface area contributed by atoms with Crippen LogP contribution in [0, 0.1) is 0 Å². The van der Waals surface area contributed by atoms with Gasteiger partial charge in [0.2, 0.25) is 0 Å². The van der Waals surface area contributed by atoms with E-state index in [4.69, 9.17) is 21.1 Å². The minimum Gasteiger partial charge on any atom is -0.486 e. The van der Waals surface area contributed by atoms with E-state index in [0.717, 1.165) is 42.5 Å².